The third kappa shape index (κ3) is 5.81. The number of benzene rings is 1. The minimum Gasteiger partial charge on any atom is -0.489 e. The highest BCUT2D eigenvalue weighted by Gasteiger charge is 2.33. The zero-order chi connectivity index (χ0) is 29.3. The molecule has 1 aliphatic carbocycles. The largest absolute Gasteiger partial charge is 0.489 e. The second kappa shape index (κ2) is 11.2. The molecular formula is C33H32N4O5. The number of fused-ring (bicyclic) bond motifs is 3. The standard InChI is InChI=1S/C33H32N4O5/c1-33(2,3)42-32(39)37-29-12-13-34-20-28(29)27-10-6-21(15-30(27)37)22-7-11-31(36-18-22)41-26-16-25(17-26)40-24-9-8-23(35-19-24)5-4-14-38/h6-15,18-20,25-26H,4-5,16-17H2,1-3H3/t25-,26-. The van der Waals surface area contributed by atoms with E-state index < -0.39 is 11.7 Å². The molecule has 5 aromatic rings. The normalized spacial score (nSPS) is 16.6. The number of aldehydes is 1. The number of pyridine rings is 3. The maximum Gasteiger partial charge on any atom is 0.419 e. The molecule has 4 heterocycles. The minimum atomic E-state index is -0.627. The summed E-state index contributed by atoms with van der Waals surface area (Å²) in [7, 11) is 0. The maximum absolute atomic E-state index is 13.2. The number of ether oxygens (including phenoxy) is 3. The first-order valence-electron chi connectivity index (χ1n) is 14.1. The number of aromatic nitrogens is 4. The van der Waals surface area contributed by atoms with Crippen molar-refractivity contribution in [3.05, 3.63) is 79.0 Å². The summed E-state index contributed by atoms with van der Waals surface area (Å²) < 4.78 is 19.4. The number of hydrogen-bond acceptors (Lipinski definition) is 8. The Labute approximate surface area is 243 Å². The smallest absolute Gasteiger partial charge is 0.419 e. The van der Waals surface area contributed by atoms with Gasteiger partial charge in [0.1, 0.15) is 29.8 Å². The van der Waals surface area contributed by atoms with Gasteiger partial charge in [0.25, 0.3) is 0 Å². The zero-order valence-electron chi connectivity index (χ0n) is 23.8. The van der Waals surface area contributed by atoms with E-state index in [4.69, 9.17) is 14.2 Å². The molecule has 9 heteroatoms. The summed E-state index contributed by atoms with van der Waals surface area (Å²) in [4.78, 5) is 36.9. The van der Waals surface area contributed by atoms with Gasteiger partial charge in [-0.15, -0.1) is 0 Å². The zero-order valence-corrected chi connectivity index (χ0v) is 23.8. The van der Waals surface area contributed by atoms with Gasteiger partial charge in [0.15, 0.2) is 0 Å². The molecule has 1 aromatic carbocycles. The Kier molecular flexibility index (Phi) is 7.33. The fraction of sp³-hybridized carbons (Fsp3) is 0.303. The van der Waals surface area contributed by atoms with E-state index >= 15 is 0 Å². The molecule has 0 spiro atoms. The van der Waals surface area contributed by atoms with Crippen molar-refractivity contribution in [2.45, 2.75) is 64.3 Å². The Morgan fingerprint density at radius 1 is 0.905 bits per heavy atom. The summed E-state index contributed by atoms with van der Waals surface area (Å²) in [5, 5.41) is 1.81. The first-order chi connectivity index (χ1) is 20.3. The molecule has 42 heavy (non-hydrogen) atoms. The highest BCUT2D eigenvalue weighted by molar-refractivity contribution is 6.13. The number of carbonyl (C=O) groups excluding carboxylic acids is 2. The van der Waals surface area contributed by atoms with E-state index in [0.29, 0.717) is 18.7 Å². The van der Waals surface area contributed by atoms with Crippen LogP contribution < -0.4 is 9.47 Å². The fourth-order valence-electron chi connectivity index (χ4n) is 5.08. The van der Waals surface area contributed by atoms with Gasteiger partial charge in [0.05, 0.1) is 17.2 Å². The van der Waals surface area contributed by atoms with Gasteiger partial charge >= 0.3 is 6.09 Å². The Bertz CT molecular complexity index is 1730. The average Bonchev–Trinajstić information content (AvgIpc) is 3.29. The van der Waals surface area contributed by atoms with Gasteiger partial charge in [-0.3, -0.25) is 9.97 Å². The number of nitrogens with zero attached hydrogens (tertiary/aromatic N) is 4. The van der Waals surface area contributed by atoms with Crippen LogP contribution in [0.3, 0.4) is 0 Å². The summed E-state index contributed by atoms with van der Waals surface area (Å²) in [6, 6.07) is 15.4. The molecule has 0 atom stereocenters. The van der Waals surface area contributed by atoms with Gasteiger partial charge in [0, 0.05) is 65.9 Å². The topological polar surface area (TPSA) is 105 Å². The van der Waals surface area contributed by atoms with E-state index in [9.17, 15) is 9.59 Å². The number of aryl methyl sites for hydroxylation is 1. The Hall–Kier alpha value is -4.79. The number of hydrogen-bond donors (Lipinski definition) is 0. The van der Waals surface area contributed by atoms with E-state index in [1.165, 1.54) is 0 Å². The lowest BCUT2D eigenvalue weighted by molar-refractivity contribution is -0.107. The highest BCUT2D eigenvalue weighted by Crippen LogP contribution is 2.34. The molecule has 0 N–H and O–H groups in total. The lowest BCUT2D eigenvalue weighted by atomic mass is 9.92. The molecule has 0 amide bonds. The van der Waals surface area contributed by atoms with Crippen molar-refractivity contribution in [2.24, 2.45) is 0 Å². The molecule has 0 saturated heterocycles. The molecule has 1 aliphatic rings. The predicted octanol–water partition coefficient (Wildman–Crippen LogP) is 6.55. The quantitative estimate of drug-likeness (QED) is 0.195. The predicted molar refractivity (Wildman–Crippen MR) is 159 cm³/mol. The summed E-state index contributed by atoms with van der Waals surface area (Å²) in [6.45, 7) is 5.56. The van der Waals surface area contributed by atoms with Crippen molar-refractivity contribution in [1.29, 1.82) is 0 Å². The van der Waals surface area contributed by atoms with Gasteiger partial charge in [-0.1, -0.05) is 12.1 Å². The van der Waals surface area contributed by atoms with Crippen LogP contribution in [0.4, 0.5) is 4.79 Å². The molecule has 9 nitrogen and oxygen atoms in total. The van der Waals surface area contributed by atoms with Crippen LogP contribution in [0.2, 0.25) is 0 Å². The summed E-state index contributed by atoms with van der Waals surface area (Å²) in [5.41, 5.74) is 3.57. The third-order valence-corrected chi connectivity index (χ3v) is 7.17. The molecule has 0 radical (unpaired) electrons. The van der Waals surface area contributed by atoms with Gasteiger partial charge in [-0.05, 0) is 63.1 Å². The van der Waals surface area contributed by atoms with Crippen LogP contribution in [0.5, 0.6) is 11.6 Å². The number of rotatable bonds is 8. The second-order valence-electron chi connectivity index (χ2n) is 11.5. The molecule has 214 valence electrons. The monoisotopic (exact) mass is 564 g/mol. The van der Waals surface area contributed by atoms with E-state index in [2.05, 4.69) is 15.0 Å². The van der Waals surface area contributed by atoms with Crippen molar-refractivity contribution < 1.29 is 23.8 Å². The number of carbonyl (C=O) groups is 2. The molecule has 0 aliphatic heterocycles. The van der Waals surface area contributed by atoms with E-state index in [-0.39, 0.29) is 12.2 Å². The first kappa shape index (κ1) is 27.4. The van der Waals surface area contributed by atoms with Crippen LogP contribution in [0.1, 0.15) is 45.7 Å². The van der Waals surface area contributed by atoms with E-state index in [1.807, 2.05) is 69.3 Å². The second-order valence-corrected chi connectivity index (χ2v) is 11.5. The molecule has 1 saturated carbocycles. The lowest BCUT2D eigenvalue weighted by Gasteiger charge is -2.34. The molecule has 0 bridgehead atoms. The van der Waals surface area contributed by atoms with Crippen molar-refractivity contribution in [3.63, 3.8) is 0 Å². The third-order valence-electron chi connectivity index (χ3n) is 7.17. The SMILES string of the molecule is CC(C)(C)OC(=O)n1c2ccncc2c2ccc(-c3ccc(O[C@H]4C[C@H](Oc5ccc(CCC=O)nc5)C4)nc3)cc21. The lowest BCUT2D eigenvalue weighted by Crippen LogP contribution is -2.41. The van der Waals surface area contributed by atoms with Crippen LogP contribution in [-0.4, -0.2) is 49.7 Å². The molecule has 1 fully saturated rings. The van der Waals surface area contributed by atoms with Crippen LogP contribution in [0.25, 0.3) is 32.9 Å². The van der Waals surface area contributed by atoms with Gasteiger partial charge in [-0.2, -0.15) is 0 Å². The van der Waals surface area contributed by atoms with Crippen LogP contribution in [0, 0.1) is 0 Å². The van der Waals surface area contributed by atoms with Gasteiger partial charge in [-0.25, -0.2) is 14.3 Å². The Morgan fingerprint density at radius 2 is 1.71 bits per heavy atom. The molecular weight excluding hydrogens is 532 g/mol. The molecule has 0 unspecified atom stereocenters. The van der Waals surface area contributed by atoms with Crippen molar-refractivity contribution >= 4 is 34.2 Å². The summed E-state index contributed by atoms with van der Waals surface area (Å²) in [6.07, 6.45) is 10.1. The van der Waals surface area contributed by atoms with Crippen molar-refractivity contribution in [1.82, 2.24) is 19.5 Å². The summed E-state index contributed by atoms with van der Waals surface area (Å²) >= 11 is 0. The minimum absolute atomic E-state index is 0.0302. The molecule has 6 rings (SSSR count). The van der Waals surface area contributed by atoms with Gasteiger partial charge in [0.2, 0.25) is 5.88 Å². The van der Waals surface area contributed by atoms with Crippen molar-refractivity contribution in [2.75, 3.05) is 0 Å². The van der Waals surface area contributed by atoms with E-state index in [1.54, 1.807) is 29.4 Å². The van der Waals surface area contributed by atoms with E-state index in [0.717, 1.165) is 63.5 Å². The van der Waals surface area contributed by atoms with Crippen LogP contribution >= 0.6 is 0 Å². The summed E-state index contributed by atoms with van der Waals surface area (Å²) in [5.74, 6) is 1.27. The molecule has 4 aromatic heterocycles. The fourth-order valence-corrected chi connectivity index (χ4v) is 5.08. The Balaban J connectivity index is 1.13. The maximum atomic E-state index is 13.2. The van der Waals surface area contributed by atoms with Crippen LogP contribution in [-0.2, 0) is 16.0 Å². The first-order valence-corrected chi connectivity index (χ1v) is 14.1. The van der Waals surface area contributed by atoms with Crippen molar-refractivity contribution in [3.8, 4) is 22.8 Å². The van der Waals surface area contributed by atoms with Gasteiger partial charge < -0.3 is 19.0 Å². The highest BCUT2D eigenvalue weighted by atomic mass is 16.6. The Morgan fingerprint density at radius 3 is 2.43 bits per heavy atom. The van der Waals surface area contributed by atoms with Crippen LogP contribution in [0.15, 0.2) is 73.3 Å². The average molecular weight is 565 g/mol.